The van der Waals surface area contributed by atoms with Crippen LogP contribution in [0.5, 0.6) is 0 Å². The van der Waals surface area contributed by atoms with Crippen LogP contribution < -0.4 is 11.1 Å². The first-order valence-electron chi connectivity index (χ1n) is 4.57. The van der Waals surface area contributed by atoms with Crippen LogP contribution in [-0.2, 0) is 6.54 Å². The third-order valence-corrected chi connectivity index (χ3v) is 2.07. The molecule has 0 aliphatic heterocycles. The van der Waals surface area contributed by atoms with Gasteiger partial charge in [-0.3, -0.25) is 5.10 Å². The van der Waals surface area contributed by atoms with Crippen molar-refractivity contribution >= 4 is 11.8 Å². The smallest absolute Gasteiger partial charge is 0.221 e. The molecule has 2 aromatic heterocycles. The molecule has 0 saturated carbocycles. The summed E-state index contributed by atoms with van der Waals surface area (Å²) < 4.78 is 0. The number of hydrogen-bond donors (Lipinski definition) is 3. The molecule has 0 atom stereocenters. The van der Waals surface area contributed by atoms with E-state index in [0.29, 0.717) is 12.4 Å². The monoisotopic (exact) mass is 204 g/mol. The summed E-state index contributed by atoms with van der Waals surface area (Å²) >= 11 is 0. The number of nitrogens with zero attached hydrogens (tertiary/aromatic N) is 3. The molecule has 6 heteroatoms. The summed E-state index contributed by atoms with van der Waals surface area (Å²) in [5.74, 6) is 0.979. The summed E-state index contributed by atoms with van der Waals surface area (Å²) in [5.41, 5.74) is 7.61. The Kier molecular flexibility index (Phi) is 2.49. The molecule has 4 N–H and O–H groups in total. The van der Waals surface area contributed by atoms with Crippen molar-refractivity contribution in [1.29, 1.82) is 0 Å². The lowest BCUT2D eigenvalue weighted by molar-refractivity contribution is 1.04. The molecule has 0 aliphatic carbocycles. The zero-order valence-corrected chi connectivity index (χ0v) is 8.36. The quantitative estimate of drug-likeness (QED) is 0.684. The molecule has 2 rings (SSSR count). The third kappa shape index (κ3) is 2.22. The summed E-state index contributed by atoms with van der Waals surface area (Å²) in [7, 11) is 0. The van der Waals surface area contributed by atoms with Crippen LogP contribution in [0.2, 0.25) is 0 Å². The van der Waals surface area contributed by atoms with Crippen molar-refractivity contribution in [2.45, 2.75) is 13.5 Å². The summed E-state index contributed by atoms with van der Waals surface area (Å²) in [4.78, 5) is 7.84. The zero-order chi connectivity index (χ0) is 10.7. The SMILES string of the molecule is Cc1[nH]ncc1CNc1ccnc(N)n1. The van der Waals surface area contributed by atoms with E-state index in [9.17, 15) is 0 Å². The summed E-state index contributed by atoms with van der Waals surface area (Å²) in [6.07, 6.45) is 3.40. The summed E-state index contributed by atoms with van der Waals surface area (Å²) in [6, 6.07) is 1.77. The Hall–Kier alpha value is -2.11. The van der Waals surface area contributed by atoms with Gasteiger partial charge in [-0.15, -0.1) is 0 Å². The third-order valence-electron chi connectivity index (χ3n) is 2.07. The molecule has 2 heterocycles. The average Bonchev–Trinajstić information content (AvgIpc) is 2.61. The molecule has 0 unspecified atom stereocenters. The van der Waals surface area contributed by atoms with E-state index in [0.717, 1.165) is 11.3 Å². The maximum absolute atomic E-state index is 5.46. The van der Waals surface area contributed by atoms with Gasteiger partial charge in [0, 0.05) is 24.0 Å². The van der Waals surface area contributed by atoms with Crippen LogP contribution in [0.4, 0.5) is 11.8 Å². The van der Waals surface area contributed by atoms with Gasteiger partial charge in [-0.25, -0.2) is 4.98 Å². The maximum atomic E-state index is 5.46. The predicted octanol–water partition coefficient (Wildman–Crippen LogP) is 0.702. The minimum atomic E-state index is 0.268. The van der Waals surface area contributed by atoms with Crippen molar-refractivity contribution in [2.24, 2.45) is 0 Å². The number of nitrogen functional groups attached to an aromatic ring is 1. The molecule has 0 saturated heterocycles. The van der Waals surface area contributed by atoms with Gasteiger partial charge < -0.3 is 11.1 Å². The fourth-order valence-corrected chi connectivity index (χ4v) is 1.21. The highest BCUT2D eigenvalue weighted by atomic mass is 15.1. The number of rotatable bonds is 3. The van der Waals surface area contributed by atoms with Crippen molar-refractivity contribution in [3.63, 3.8) is 0 Å². The van der Waals surface area contributed by atoms with Gasteiger partial charge in [-0.2, -0.15) is 10.1 Å². The predicted molar refractivity (Wildman–Crippen MR) is 57.1 cm³/mol. The normalized spacial score (nSPS) is 10.2. The minimum absolute atomic E-state index is 0.268. The molecule has 0 spiro atoms. The summed E-state index contributed by atoms with van der Waals surface area (Å²) in [5, 5.41) is 9.94. The Morgan fingerprint density at radius 1 is 1.53 bits per heavy atom. The van der Waals surface area contributed by atoms with E-state index < -0.39 is 0 Å². The van der Waals surface area contributed by atoms with Gasteiger partial charge in [0.1, 0.15) is 5.82 Å². The van der Waals surface area contributed by atoms with E-state index in [1.807, 2.05) is 6.92 Å². The molecular weight excluding hydrogens is 192 g/mol. The molecule has 15 heavy (non-hydrogen) atoms. The van der Waals surface area contributed by atoms with Gasteiger partial charge in [0.2, 0.25) is 5.95 Å². The van der Waals surface area contributed by atoms with Crippen LogP contribution in [0.1, 0.15) is 11.3 Å². The van der Waals surface area contributed by atoms with E-state index >= 15 is 0 Å². The number of aromatic amines is 1. The largest absolute Gasteiger partial charge is 0.368 e. The van der Waals surface area contributed by atoms with E-state index in [2.05, 4.69) is 25.5 Å². The van der Waals surface area contributed by atoms with Crippen molar-refractivity contribution in [2.75, 3.05) is 11.1 Å². The second kappa shape index (κ2) is 3.95. The van der Waals surface area contributed by atoms with Gasteiger partial charge in [-0.1, -0.05) is 0 Å². The maximum Gasteiger partial charge on any atom is 0.221 e. The van der Waals surface area contributed by atoms with Crippen LogP contribution in [0.15, 0.2) is 18.5 Å². The Morgan fingerprint density at radius 3 is 3.07 bits per heavy atom. The lowest BCUT2D eigenvalue weighted by atomic mass is 10.2. The van der Waals surface area contributed by atoms with Gasteiger partial charge >= 0.3 is 0 Å². The number of hydrogen-bond acceptors (Lipinski definition) is 5. The highest BCUT2D eigenvalue weighted by molar-refractivity contribution is 5.38. The fourth-order valence-electron chi connectivity index (χ4n) is 1.21. The molecule has 0 amide bonds. The molecular formula is C9H12N6. The molecule has 2 aromatic rings. The summed E-state index contributed by atoms with van der Waals surface area (Å²) in [6.45, 7) is 2.64. The van der Waals surface area contributed by atoms with E-state index in [1.165, 1.54) is 0 Å². The minimum Gasteiger partial charge on any atom is -0.368 e. The van der Waals surface area contributed by atoms with E-state index in [4.69, 9.17) is 5.73 Å². The molecule has 0 aromatic carbocycles. The lowest BCUT2D eigenvalue weighted by Gasteiger charge is -2.04. The molecule has 0 aliphatic rings. The van der Waals surface area contributed by atoms with Gasteiger partial charge in [0.25, 0.3) is 0 Å². The highest BCUT2D eigenvalue weighted by Crippen LogP contribution is 2.07. The topological polar surface area (TPSA) is 92.5 Å². The highest BCUT2D eigenvalue weighted by Gasteiger charge is 2.00. The standard InChI is InChI=1S/C9H12N6/c1-6-7(5-13-15-6)4-12-8-2-3-11-9(10)14-8/h2-3,5H,4H2,1H3,(H,13,15)(H3,10,11,12,14). The zero-order valence-electron chi connectivity index (χ0n) is 8.36. The van der Waals surface area contributed by atoms with Crippen molar-refractivity contribution in [3.8, 4) is 0 Å². The number of H-pyrrole nitrogens is 1. The van der Waals surface area contributed by atoms with Crippen LogP contribution >= 0.6 is 0 Å². The second-order valence-corrected chi connectivity index (χ2v) is 3.17. The first-order valence-corrected chi connectivity index (χ1v) is 4.57. The molecule has 0 bridgehead atoms. The van der Waals surface area contributed by atoms with Crippen LogP contribution in [-0.4, -0.2) is 20.2 Å². The van der Waals surface area contributed by atoms with E-state index in [-0.39, 0.29) is 5.95 Å². The number of aromatic nitrogens is 4. The average molecular weight is 204 g/mol. The van der Waals surface area contributed by atoms with Crippen LogP contribution in [0.25, 0.3) is 0 Å². The van der Waals surface area contributed by atoms with Crippen LogP contribution in [0, 0.1) is 6.92 Å². The Morgan fingerprint density at radius 2 is 2.40 bits per heavy atom. The number of nitrogens with one attached hydrogen (secondary N) is 2. The number of aryl methyl sites for hydroxylation is 1. The number of nitrogens with two attached hydrogens (primary N) is 1. The van der Waals surface area contributed by atoms with Crippen molar-refractivity contribution in [3.05, 3.63) is 29.7 Å². The first kappa shape index (κ1) is 9.45. The van der Waals surface area contributed by atoms with Gasteiger partial charge in [0.05, 0.1) is 6.20 Å². The van der Waals surface area contributed by atoms with E-state index in [1.54, 1.807) is 18.5 Å². The van der Waals surface area contributed by atoms with Crippen LogP contribution in [0.3, 0.4) is 0 Å². The lowest BCUT2D eigenvalue weighted by Crippen LogP contribution is -2.04. The van der Waals surface area contributed by atoms with Gasteiger partial charge in [-0.05, 0) is 13.0 Å². The van der Waals surface area contributed by atoms with Crippen molar-refractivity contribution < 1.29 is 0 Å². The molecule has 0 fully saturated rings. The molecule has 78 valence electrons. The van der Waals surface area contributed by atoms with Crippen molar-refractivity contribution in [1.82, 2.24) is 20.2 Å². The molecule has 6 nitrogen and oxygen atoms in total. The fraction of sp³-hybridized carbons (Fsp3) is 0.222. The Balaban J connectivity index is 2.02. The van der Waals surface area contributed by atoms with Gasteiger partial charge in [0.15, 0.2) is 0 Å². The first-order chi connectivity index (χ1) is 7.25. The Bertz CT molecular complexity index is 449. The number of anilines is 2. The Labute approximate surface area is 86.9 Å². The molecule has 0 radical (unpaired) electrons. The second-order valence-electron chi connectivity index (χ2n) is 3.17.